The van der Waals surface area contributed by atoms with Crippen molar-refractivity contribution in [2.75, 3.05) is 5.32 Å². The SMILES string of the molecule is CC[C@@H]1CCc2sc(C(=O)O[C@H](C)C(=O)Nc3ccccc3C#N)cc2C1. The summed E-state index contributed by atoms with van der Waals surface area (Å²) < 4.78 is 5.35. The van der Waals surface area contributed by atoms with Crippen molar-refractivity contribution in [1.29, 1.82) is 5.26 Å². The van der Waals surface area contributed by atoms with E-state index in [1.165, 1.54) is 28.7 Å². The normalized spacial score (nSPS) is 16.7. The van der Waals surface area contributed by atoms with E-state index >= 15 is 0 Å². The van der Waals surface area contributed by atoms with Gasteiger partial charge in [-0.05, 0) is 55.9 Å². The van der Waals surface area contributed by atoms with Gasteiger partial charge in [0.1, 0.15) is 10.9 Å². The van der Waals surface area contributed by atoms with Crippen molar-refractivity contribution in [2.45, 2.75) is 45.6 Å². The first kappa shape index (κ1) is 19.1. The fraction of sp³-hybridized carbons (Fsp3) is 0.381. The molecule has 1 aromatic carbocycles. The Balaban J connectivity index is 1.63. The first-order chi connectivity index (χ1) is 13.0. The molecule has 27 heavy (non-hydrogen) atoms. The lowest BCUT2D eigenvalue weighted by molar-refractivity contribution is -0.123. The van der Waals surface area contributed by atoms with Gasteiger partial charge in [0.2, 0.25) is 0 Å². The van der Waals surface area contributed by atoms with Gasteiger partial charge in [0.25, 0.3) is 5.91 Å². The van der Waals surface area contributed by atoms with Crippen LogP contribution < -0.4 is 5.32 Å². The Morgan fingerprint density at radius 2 is 2.19 bits per heavy atom. The molecule has 2 aromatic rings. The highest BCUT2D eigenvalue weighted by molar-refractivity contribution is 7.14. The molecule has 0 aliphatic heterocycles. The molecule has 1 N–H and O–H groups in total. The minimum atomic E-state index is -0.952. The number of ether oxygens (including phenoxy) is 1. The first-order valence-electron chi connectivity index (χ1n) is 9.14. The number of nitriles is 1. The molecule has 1 aliphatic carbocycles. The Kier molecular flexibility index (Phi) is 5.92. The maximum Gasteiger partial charge on any atom is 0.349 e. The first-order valence-corrected chi connectivity index (χ1v) is 9.96. The summed E-state index contributed by atoms with van der Waals surface area (Å²) in [6, 6.07) is 10.6. The largest absolute Gasteiger partial charge is 0.448 e. The van der Waals surface area contributed by atoms with E-state index in [0.29, 0.717) is 22.0 Å². The van der Waals surface area contributed by atoms with Crippen LogP contribution in [0.5, 0.6) is 0 Å². The molecule has 3 rings (SSSR count). The molecule has 6 heteroatoms. The number of aryl methyl sites for hydroxylation is 1. The molecular formula is C21H22N2O3S. The number of nitrogens with one attached hydrogen (secondary N) is 1. The van der Waals surface area contributed by atoms with Gasteiger partial charge in [-0.3, -0.25) is 4.79 Å². The van der Waals surface area contributed by atoms with Crippen LogP contribution in [0, 0.1) is 17.2 Å². The number of nitrogens with zero attached hydrogens (tertiary/aromatic N) is 1. The Hall–Kier alpha value is -2.65. The van der Waals surface area contributed by atoms with Gasteiger partial charge in [0.15, 0.2) is 6.10 Å². The number of carbonyl (C=O) groups is 2. The summed E-state index contributed by atoms with van der Waals surface area (Å²) in [4.78, 5) is 26.6. The number of anilines is 1. The molecule has 1 aromatic heterocycles. The predicted octanol–water partition coefficient (Wildman–Crippen LogP) is 4.32. The third kappa shape index (κ3) is 4.37. The zero-order valence-electron chi connectivity index (χ0n) is 15.5. The lowest BCUT2D eigenvalue weighted by Gasteiger charge is -2.19. The van der Waals surface area contributed by atoms with Crippen LogP contribution in [-0.2, 0) is 22.4 Å². The molecule has 0 bridgehead atoms. The summed E-state index contributed by atoms with van der Waals surface area (Å²) in [7, 11) is 0. The zero-order chi connectivity index (χ0) is 19.4. The number of amides is 1. The number of para-hydroxylation sites is 1. The molecule has 140 valence electrons. The number of fused-ring (bicyclic) bond motifs is 1. The average molecular weight is 382 g/mol. The molecule has 0 saturated heterocycles. The fourth-order valence-corrected chi connectivity index (χ4v) is 4.34. The van der Waals surface area contributed by atoms with E-state index in [9.17, 15) is 9.59 Å². The van der Waals surface area contributed by atoms with Gasteiger partial charge >= 0.3 is 5.97 Å². The smallest absolute Gasteiger partial charge is 0.349 e. The third-order valence-corrected chi connectivity index (χ3v) is 6.14. The van der Waals surface area contributed by atoms with Crippen LogP contribution in [0.4, 0.5) is 5.69 Å². The Morgan fingerprint density at radius 3 is 2.93 bits per heavy atom. The molecule has 0 fully saturated rings. The second-order valence-corrected chi connectivity index (χ2v) is 7.91. The number of carbonyl (C=O) groups excluding carboxylic acids is 2. The zero-order valence-corrected chi connectivity index (χ0v) is 16.3. The minimum Gasteiger partial charge on any atom is -0.448 e. The van der Waals surface area contributed by atoms with Crippen molar-refractivity contribution in [3.05, 3.63) is 51.2 Å². The molecular weight excluding hydrogens is 360 g/mol. The van der Waals surface area contributed by atoms with E-state index in [0.717, 1.165) is 25.7 Å². The Morgan fingerprint density at radius 1 is 1.41 bits per heavy atom. The minimum absolute atomic E-state index is 0.362. The maximum atomic E-state index is 12.5. The van der Waals surface area contributed by atoms with Gasteiger partial charge in [-0.2, -0.15) is 5.26 Å². The number of hydrogen-bond acceptors (Lipinski definition) is 5. The summed E-state index contributed by atoms with van der Waals surface area (Å²) in [6.07, 6.45) is 3.38. The molecule has 0 unspecified atom stereocenters. The maximum absolute atomic E-state index is 12.5. The van der Waals surface area contributed by atoms with Gasteiger partial charge in [-0.15, -0.1) is 11.3 Å². The monoisotopic (exact) mass is 382 g/mol. The van der Waals surface area contributed by atoms with Gasteiger partial charge in [0, 0.05) is 4.88 Å². The van der Waals surface area contributed by atoms with Crippen LogP contribution in [0.15, 0.2) is 30.3 Å². The van der Waals surface area contributed by atoms with Crippen molar-refractivity contribution in [2.24, 2.45) is 5.92 Å². The average Bonchev–Trinajstić information content (AvgIpc) is 3.11. The second kappa shape index (κ2) is 8.36. The highest BCUT2D eigenvalue weighted by Gasteiger charge is 2.25. The van der Waals surface area contributed by atoms with Crippen molar-refractivity contribution in [3.63, 3.8) is 0 Å². The second-order valence-electron chi connectivity index (χ2n) is 6.77. The van der Waals surface area contributed by atoms with Crippen LogP contribution >= 0.6 is 11.3 Å². The van der Waals surface area contributed by atoms with Crippen molar-refractivity contribution in [1.82, 2.24) is 0 Å². The number of benzene rings is 1. The molecule has 5 nitrogen and oxygen atoms in total. The van der Waals surface area contributed by atoms with Gasteiger partial charge in [-0.1, -0.05) is 25.5 Å². The highest BCUT2D eigenvalue weighted by Crippen LogP contribution is 2.34. The summed E-state index contributed by atoms with van der Waals surface area (Å²) >= 11 is 1.47. The van der Waals surface area contributed by atoms with Crippen molar-refractivity contribution in [3.8, 4) is 6.07 Å². The van der Waals surface area contributed by atoms with E-state index in [2.05, 4.69) is 12.2 Å². The highest BCUT2D eigenvalue weighted by atomic mass is 32.1. The molecule has 2 atom stereocenters. The van der Waals surface area contributed by atoms with Crippen LogP contribution in [0.2, 0.25) is 0 Å². The topological polar surface area (TPSA) is 79.2 Å². The number of thiophene rings is 1. The summed E-state index contributed by atoms with van der Waals surface area (Å²) in [5.74, 6) is -0.252. The number of esters is 1. The van der Waals surface area contributed by atoms with Gasteiger partial charge in [-0.25, -0.2) is 4.79 Å². The molecule has 0 saturated carbocycles. The van der Waals surface area contributed by atoms with Gasteiger partial charge < -0.3 is 10.1 Å². The van der Waals surface area contributed by atoms with Crippen molar-refractivity contribution < 1.29 is 14.3 Å². The van der Waals surface area contributed by atoms with Crippen LogP contribution in [-0.4, -0.2) is 18.0 Å². The van der Waals surface area contributed by atoms with E-state index in [1.54, 1.807) is 24.3 Å². The van der Waals surface area contributed by atoms with Crippen LogP contribution in [0.1, 0.15) is 52.4 Å². The number of hydrogen-bond donors (Lipinski definition) is 1. The van der Waals surface area contributed by atoms with E-state index in [-0.39, 0.29) is 0 Å². The summed E-state index contributed by atoms with van der Waals surface area (Å²) in [5, 5.41) is 11.7. The van der Waals surface area contributed by atoms with Crippen LogP contribution in [0.25, 0.3) is 0 Å². The van der Waals surface area contributed by atoms with Crippen molar-refractivity contribution >= 4 is 28.9 Å². The predicted molar refractivity (Wildman–Crippen MR) is 105 cm³/mol. The fourth-order valence-electron chi connectivity index (χ4n) is 3.24. The summed E-state index contributed by atoms with van der Waals surface area (Å²) in [5.41, 5.74) is 2.01. The quantitative estimate of drug-likeness (QED) is 0.781. The van der Waals surface area contributed by atoms with Crippen LogP contribution in [0.3, 0.4) is 0 Å². The number of rotatable bonds is 5. The standard InChI is InChI=1S/C21H22N2O3S/c1-3-14-8-9-18-16(10-14)11-19(27-18)21(25)26-13(2)20(24)23-17-7-5-4-6-15(17)12-22/h4-7,11,13-14H,3,8-10H2,1-2H3,(H,23,24)/t13-,14-/m1/s1. The Labute approximate surface area is 163 Å². The molecule has 0 spiro atoms. The lowest BCUT2D eigenvalue weighted by atomic mass is 9.87. The van der Waals surface area contributed by atoms with E-state index < -0.39 is 18.0 Å². The molecule has 1 amide bonds. The molecule has 1 aliphatic rings. The van der Waals surface area contributed by atoms with Gasteiger partial charge in [0.05, 0.1) is 11.3 Å². The Bertz CT molecular complexity index is 897. The summed E-state index contributed by atoms with van der Waals surface area (Å²) in [6.45, 7) is 3.73. The third-order valence-electron chi connectivity index (χ3n) is 4.92. The van der Waals surface area contributed by atoms with E-state index in [4.69, 9.17) is 10.00 Å². The van der Waals surface area contributed by atoms with E-state index in [1.807, 2.05) is 12.1 Å². The molecule has 0 radical (unpaired) electrons. The lowest BCUT2D eigenvalue weighted by Crippen LogP contribution is -2.30. The molecule has 1 heterocycles.